The van der Waals surface area contributed by atoms with Crippen molar-refractivity contribution in [2.45, 2.75) is 26.7 Å². The Morgan fingerprint density at radius 3 is 2.56 bits per heavy atom. The van der Waals surface area contributed by atoms with Gasteiger partial charge < -0.3 is 10.2 Å². The van der Waals surface area contributed by atoms with Crippen molar-refractivity contribution in [1.82, 2.24) is 5.32 Å². The minimum absolute atomic E-state index is 0.209. The number of nitrogens with one attached hydrogen (secondary N) is 1. The highest BCUT2D eigenvalue weighted by Crippen LogP contribution is 2.33. The average molecular weight is 246 g/mol. The maximum atomic E-state index is 12.7. The Hall–Kier alpha value is -1.35. The van der Waals surface area contributed by atoms with Gasteiger partial charge in [0.15, 0.2) is 0 Å². The lowest BCUT2D eigenvalue weighted by molar-refractivity contribution is -0.127. The number of anilines is 1. The Labute approximate surface area is 109 Å². The van der Waals surface area contributed by atoms with E-state index in [1.54, 1.807) is 4.90 Å². The van der Waals surface area contributed by atoms with Crippen molar-refractivity contribution < 1.29 is 4.79 Å². The summed E-state index contributed by atoms with van der Waals surface area (Å²) in [4.78, 5) is 14.5. The largest absolute Gasteiger partial charge is 0.316 e. The number of aryl methyl sites for hydroxylation is 1. The van der Waals surface area contributed by atoms with Crippen molar-refractivity contribution in [1.29, 1.82) is 0 Å². The second-order valence-electron chi connectivity index (χ2n) is 5.26. The summed E-state index contributed by atoms with van der Waals surface area (Å²) >= 11 is 0. The molecule has 0 aromatic heterocycles. The van der Waals surface area contributed by atoms with E-state index in [1.807, 2.05) is 31.3 Å². The zero-order chi connectivity index (χ0) is 13.2. The molecule has 3 heteroatoms. The minimum Gasteiger partial charge on any atom is -0.316 e. The van der Waals surface area contributed by atoms with E-state index in [1.165, 1.54) is 5.56 Å². The van der Waals surface area contributed by atoms with Crippen molar-refractivity contribution in [3.05, 3.63) is 29.8 Å². The fourth-order valence-corrected chi connectivity index (χ4v) is 2.62. The number of rotatable bonds is 3. The van der Waals surface area contributed by atoms with Crippen LogP contribution in [0.5, 0.6) is 0 Å². The molecule has 1 atom stereocenters. The second-order valence-corrected chi connectivity index (χ2v) is 5.26. The van der Waals surface area contributed by atoms with Gasteiger partial charge in [0.1, 0.15) is 0 Å². The van der Waals surface area contributed by atoms with Crippen molar-refractivity contribution in [3.63, 3.8) is 0 Å². The highest BCUT2D eigenvalue weighted by atomic mass is 16.2. The van der Waals surface area contributed by atoms with Crippen LogP contribution >= 0.6 is 0 Å². The van der Waals surface area contributed by atoms with E-state index < -0.39 is 0 Å². The Morgan fingerprint density at radius 2 is 2.06 bits per heavy atom. The van der Waals surface area contributed by atoms with Crippen molar-refractivity contribution in [2.24, 2.45) is 5.41 Å². The summed E-state index contributed by atoms with van der Waals surface area (Å²) in [5.74, 6) is 0.235. The molecule has 1 heterocycles. The Bertz CT molecular complexity index is 419. The SMILES string of the molecule is CCC1(C(=O)N(C)c2ccc(C)cc2)CCNC1. The third-order valence-electron chi connectivity index (χ3n) is 4.10. The summed E-state index contributed by atoms with van der Waals surface area (Å²) in [6.07, 6.45) is 1.84. The molecule has 1 aliphatic heterocycles. The number of amides is 1. The van der Waals surface area contributed by atoms with E-state index in [0.29, 0.717) is 0 Å². The molecule has 0 bridgehead atoms. The van der Waals surface area contributed by atoms with E-state index in [9.17, 15) is 4.79 Å². The summed E-state index contributed by atoms with van der Waals surface area (Å²) in [5, 5.41) is 3.31. The fraction of sp³-hybridized carbons (Fsp3) is 0.533. The van der Waals surface area contributed by atoms with Crippen LogP contribution in [0.3, 0.4) is 0 Å². The zero-order valence-corrected chi connectivity index (χ0v) is 11.5. The molecule has 1 aliphatic rings. The first-order valence-corrected chi connectivity index (χ1v) is 6.64. The second kappa shape index (κ2) is 5.11. The van der Waals surface area contributed by atoms with Gasteiger partial charge in [-0.2, -0.15) is 0 Å². The Kier molecular flexibility index (Phi) is 3.71. The van der Waals surface area contributed by atoms with Crippen LogP contribution in [0.15, 0.2) is 24.3 Å². The number of hydrogen-bond donors (Lipinski definition) is 1. The summed E-state index contributed by atoms with van der Waals surface area (Å²) in [6.45, 7) is 5.91. The highest BCUT2D eigenvalue weighted by Gasteiger charge is 2.41. The van der Waals surface area contributed by atoms with Gasteiger partial charge in [0.25, 0.3) is 0 Å². The van der Waals surface area contributed by atoms with Crippen molar-refractivity contribution >= 4 is 11.6 Å². The van der Waals surface area contributed by atoms with E-state index >= 15 is 0 Å². The topological polar surface area (TPSA) is 32.3 Å². The predicted molar refractivity (Wildman–Crippen MR) is 74.8 cm³/mol. The van der Waals surface area contributed by atoms with Crippen LogP contribution in [0.4, 0.5) is 5.69 Å². The maximum absolute atomic E-state index is 12.7. The predicted octanol–water partition coefficient (Wildman–Crippen LogP) is 2.35. The van der Waals surface area contributed by atoms with E-state index in [0.717, 1.165) is 31.6 Å². The van der Waals surface area contributed by atoms with Crippen LogP contribution in [0, 0.1) is 12.3 Å². The Morgan fingerprint density at radius 1 is 1.39 bits per heavy atom. The van der Waals surface area contributed by atoms with Crippen molar-refractivity contribution in [2.75, 3.05) is 25.0 Å². The van der Waals surface area contributed by atoms with Crippen LogP contribution in [-0.4, -0.2) is 26.0 Å². The van der Waals surface area contributed by atoms with Crippen LogP contribution < -0.4 is 10.2 Å². The standard InChI is InChI=1S/C15H22N2O/c1-4-15(9-10-16-11-15)14(18)17(3)13-7-5-12(2)6-8-13/h5-8,16H,4,9-11H2,1-3H3. The van der Waals surface area contributed by atoms with Gasteiger partial charge in [-0.15, -0.1) is 0 Å². The number of carbonyl (C=O) groups is 1. The molecular weight excluding hydrogens is 224 g/mol. The van der Waals surface area contributed by atoms with Gasteiger partial charge in [0.05, 0.1) is 5.41 Å². The van der Waals surface area contributed by atoms with Gasteiger partial charge in [-0.1, -0.05) is 24.6 Å². The van der Waals surface area contributed by atoms with Crippen molar-refractivity contribution in [3.8, 4) is 0 Å². The number of benzene rings is 1. The lowest BCUT2D eigenvalue weighted by atomic mass is 9.82. The summed E-state index contributed by atoms with van der Waals surface area (Å²) in [7, 11) is 1.88. The average Bonchev–Trinajstić information content (AvgIpc) is 2.88. The number of hydrogen-bond acceptors (Lipinski definition) is 2. The third-order valence-corrected chi connectivity index (χ3v) is 4.10. The molecule has 0 aliphatic carbocycles. The van der Waals surface area contributed by atoms with Crippen LogP contribution in [0.25, 0.3) is 0 Å². The van der Waals surface area contributed by atoms with E-state index in [2.05, 4.69) is 19.2 Å². The molecule has 1 aromatic carbocycles. The van der Waals surface area contributed by atoms with Gasteiger partial charge in [-0.25, -0.2) is 0 Å². The smallest absolute Gasteiger partial charge is 0.234 e. The quantitative estimate of drug-likeness (QED) is 0.888. The van der Waals surface area contributed by atoms with Crippen LogP contribution in [0.1, 0.15) is 25.3 Å². The zero-order valence-electron chi connectivity index (χ0n) is 11.5. The Balaban J connectivity index is 2.20. The number of nitrogens with zero attached hydrogens (tertiary/aromatic N) is 1. The molecule has 1 N–H and O–H groups in total. The third kappa shape index (κ3) is 2.27. The van der Waals surface area contributed by atoms with Gasteiger partial charge in [-0.3, -0.25) is 4.79 Å². The maximum Gasteiger partial charge on any atom is 0.234 e. The molecule has 0 spiro atoms. The summed E-state index contributed by atoms with van der Waals surface area (Å²) < 4.78 is 0. The molecular formula is C15H22N2O. The first kappa shape index (κ1) is 13.1. The summed E-state index contributed by atoms with van der Waals surface area (Å²) in [5.41, 5.74) is 1.98. The fourth-order valence-electron chi connectivity index (χ4n) is 2.62. The van der Waals surface area contributed by atoms with Crippen LogP contribution in [-0.2, 0) is 4.79 Å². The number of carbonyl (C=O) groups excluding carboxylic acids is 1. The normalized spacial score (nSPS) is 23.1. The molecule has 3 nitrogen and oxygen atoms in total. The molecule has 0 radical (unpaired) electrons. The van der Waals surface area contributed by atoms with E-state index in [-0.39, 0.29) is 11.3 Å². The van der Waals surface area contributed by atoms with Gasteiger partial charge in [0, 0.05) is 19.3 Å². The van der Waals surface area contributed by atoms with Gasteiger partial charge >= 0.3 is 0 Å². The molecule has 1 unspecified atom stereocenters. The first-order valence-electron chi connectivity index (χ1n) is 6.64. The molecule has 0 saturated carbocycles. The lowest BCUT2D eigenvalue weighted by Gasteiger charge is -2.31. The molecule has 2 rings (SSSR count). The summed E-state index contributed by atoms with van der Waals surface area (Å²) in [6, 6.07) is 8.12. The molecule has 18 heavy (non-hydrogen) atoms. The molecule has 1 amide bonds. The monoisotopic (exact) mass is 246 g/mol. The van der Waals surface area contributed by atoms with E-state index in [4.69, 9.17) is 0 Å². The minimum atomic E-state index is -0.209. The van der Waals surface area contributed by atoms with Gasteiger partial charge in [-0.05, 0) is 38.4 Å². The molecule has 1 saturated heterocycles. The molecule has 1 fully saturated rings. The first-order chi connectivity index (χ1) is 8.59. The highest BCUT2D eigenvalue weighted by molar-refractivity contribution is 5.97. The molecule has 1 aromatic rings. The molecule has 98 valence electrons. The van der Waals surface area contributed by atoms with Gasteiger partial charge in [0.2, 0.25) is 5.91 Å². The lowest BCUT2D eigenvalue weighted by Crippen LogP contribution is -2.43. The van der Waals surface area contributed by atoms with Crippen LogP contribution in [0.2, 0.25) is 0 Å².